The number of aryl methyl sites for hydroxylation is 1. The number of nitrogens with one attached hydrogen (secondary N) is 1. The Morgan fingerprint density at radius 1 is 1.05 bits per heavy atom. The van der Waals surface area contributed by atoms with Gasteiger partial charge < -0.3 is 9.47 Å². The van der Waals surface area contributed by atoms with Crippen LogP contribution in [0.5, 0.6) is 11.5 Å². The van der Waals surface area contributed by atoms with E-state index in [1.54, 1.807) is 13.0 Å². The Hall–Kier alpha value is -2.28. The molecule has 0 radical (unpaired) electrons. The Labute approximate surface area is 128 Å². The average Bonchev–Trinajstić information content (AvgIpc) is 2.48. The Morgan fingerprint density at radius 2 is 1.68 bits per heavy atom. The third-order valence-electron chi connectivity index (χ3n) is 3.08. The lowest BCUT2D eigenvalue weighted by Crippen LogP contribution is -2.14. The van der Waals surface area contributed by atoms with Crippen LogP contribution in [-0.2, 0) is 10.0 Å². The summed E-state index contributed by atoms with van der Waals surface area (Å²) in [5.41, 5.74) is 0.986. The predicted molar refractivity (Wildman–Crippen MR) is 81.5 cm³/mol. The van der Waals surface area contributed by atoms with E-state index < -0.39 is 15.8 Å². The van der Waals surface area contributed by atoms with Crippen molar-refractivity contribution in [1.82, 2.24) is 0 Å². The molecular weight excluding hydrogens is 309 g/mol. The van der Waals surface area contributed by atoms with Crippen LogP contribution in [-0.4, -0.2) is 22.6 Å². The summed E-state index contributed by atoms with van der Waals surface area (Å²) in [5, 5.41) is 0. The highest BCUT2D eigenvalue weighted by molar-refractivity contribution is 7.92. The van der Waals surface area contributed by atoms with Crippen LogP contribution in [0, 0.1) is 12.7 Å². The third-order valence-corrected chi connectivity index (χ3v) is 4.44. The SMILES string of the molecule is COc1cc(C)c(NS(=O)(=O)c2cccc(F)c2)cc1OC. The molecule has 1 N–H and O–H groups in total. The summed E-state index contributed by atoms with van der Waals surface area (Å²) < 4.78 is 50.6. The number of hydrogen-bond acceptors (Lipinski definition) is 4. The van der Waals surface area contributed by atoms with E-state index in [1.807, 2.05) is 0 Å². The minimum Gasteiger partial charge on any atom is -0.493 e. The maximum absolute atomic E-state index is 13.2. The number of rotatable bonds is 5. The summed E-state index contributed by atoms with van der Waals surface area (Å²) in [4.78, 5) is -0.151. The van der Waals surface area contributed by atoms with Gasteiger partial charge in [-0.2, -0.15) is 0 Å². The molecule has 0 aliphatic heterocycles. The van der Waals surface area contributed by atoms with Gasteiger partial charge in [0, 0.05) is 6.07 Å². The van der Waals surface area contributed by atoms with Crippen LogP contribution in [0.2, 0.25) is 0 Å². The molecule has 0 aromatic heterocycles. The molecule has 0 amide bonds. The van der Waals surface area contributed by atoms with Gasteiger partial charge in [-0.3, -0.25) is 4.72 Å². The summed E-state index contributed by atoms with van der Waals surface area (Å²) in [6.45, 7) is 1.73. The molecule has 2 rings (SSSR count). The van der Waals surface area contributed by atoms with Gasteiger partial charge in [0.1, 0.15) is 5.82 Å². The molecule has 2 aromatic carbocycles. The molecular formula is C15H16FNO4S. The Bertz CT molecular complexity index is 790. The van der Waals surface area contributed by atoms with E-state index in [9.17, 15) is 12.8 Å². The van der Waals surface area contributed by atoms with Crippen molar-refractivity contribution < 1.29 is 22.3 Å². The van der Waals surface area contributed by atoms with Crippen molar-refractivity contribution in [2.24, 2.45) is 0 Å². The maximum atomic E-state index is 13.2. The summed E-state index contributed by atoms with van der Waals surface area (Å²) in [7, 11) is -0.939. The highest BCUT2D eigenvalue weighted by Crippen LogP contribution is 2.33. The zero-order valence-corrected chi connectivity index (χ0v) is 13.2. The van der Waals surface area contributed by atoms with Crippen LogP contribution in [0.15, 0.2) is 41.3 Å². The lowest BCUT2D eigenvalue weighted by atomic mass is 10.2. The quantitative estimate of drug-likeness (QED) is 0.918. The van der Waals surface area contributed by atoms with Crippen LogP contribution >= 0.6 is 0 Å². The highest BCUT2D eigenvalue weighted by atomic mass is 32.2. The summed E-state index contributed by atoms with van der Waals surface area (Å²) in [6, 6.07) is 7.97. The first-order valence-corrected chi connectivity index (χ1v) is 7.86. The van der Waals surface area contributed by atoms with Gasteiger partial charge in [-0.25, -0.2) is 12.8 Å². The number of anilines is 1. The smallest absolute Gasteiger partial charge is 0.262 e. The van der Waals surface area contributed by atoms with Crippen LogP contribution in [0.25, 0.3) is 0 Å². The van der Waals surface area contributed by atoms with Crippen LogP contribution in [0.4, 0.5) is 10.1 Å². The molecule has 22 heavy (non-hydrogen) atoms. The monoisotopic (exact) mass is 325 g/mol. The summed E-state index contributed by atoms with van der Waals surface area (Å²) in [6.07, 6.45) is 0. The van der Waals surface area contributed by atoms with Gasteiger partial charge in [0.15, 0.2) is 11.5 Å². The first kappa shape index (κ1) is 16.1. The van der Waals surface area contributed by atoms with Gasteiger partial charge in [-0.15, -0.1) is 0 Å². The molecule has 0 atom stereocenters. The van der Waals surface area contributed by atoms with Crippen molar-refractivity contribution in [2.75, 3.05) is 18.9 Å². The van der Waals surface area contributed by atoms with Gasteiger partial charge >= 0.3 is 0 Å². The van der Waals surface area contributed by atoms with E-state index in [-0.39, 0.29) is 4.90 Å². The van der Waals surface area contributed by atoms with E-state index in [4.69, 9.17) is 9.47 Å². The van der Waals surface area contributed by atoms with Gasteiger partial charge in [-0.1, -0.05) is 6.07 Å². The van der Waals surface area contributed by atoms with Crippen molar-refractivity contribution >= 4 is 15.7 Å². The van der Waals surface area contributed by atoms with Gasteiger partial charge in [0.05, 0.1) is 24.8 Å². The van der Waals surface area contributed by atoms with Crippen molar-refractivity contribution in [2.45, 2.75) is 11.8 Å². The number of benzene rings is 2. The van der Waals surface area contributed by atoms with Crippen LogP contribution in [0.3, 0.4) is 0 Å². The molecule has 0 fully saturated rings. The Balaban J connectivity index is 2.42. The van der Waals surface area contributed by atoms with Crippen LogP contribution < -0.4 is 14.2 Å². The predicted octanol–water partition coefficient (Wildman–Crippen LogP) is 2.95. The minimum absolute atomic E-state index is 0.151. The minimum atomic E-state index is -3.89. The Morgan fingerprint density at radius 3 is 2.27 bits per heavy atom. The number of sulfonamides is 1. The second kappa shape index (κ2) is 6.23. The van der Waals surface area contributed by atoms with Crippen molar-refractivity contribution in [3.63, 3.8) is 0 Å². The molecule has 0 spiro atoms. The highest BCUT2D eigenvalue weighted by Gasteiger charge is 2.17. The van der Waals surface area contributed by atoms with Crippen molar-refractivity contribution in [3.05, 3.63) is 47.8 Å². The lowest BCUT2D eigenvalue weighted by molar-refractivity contribution is 0.355. The first-order chi connectivity index (χ1) is 10.4. The summed E-state index contributed by atoms with van der Waals surface area (Å²) in [5.74, 6) is 0.269. The fraction of sp³-hybridized carbons (Fsp3) is 0.200. The molecule has 118 valence electrons. The zero-order valence-electron chi connectivity index (χ0n) is 12.4. The number of hydrogen-bond donors (Lipinski definition) is 1. The van der Waals surface area contributed by atoms with Crippen molar-refractivity contribution in [1.29, 1.82) is 0 Å². The van der Waals surface area contributed by atoms with E-state index in [1.165, 1.54) is 38.5 Å². The molecule has 0 unspecified atom stereocenters. The standard InChI is InChI=1S/C15H16FNO4S/c1-10-7-14(20-2)15(21-3)9-13(10)17-22(18,19)12-6-4-5-11(16)8-12/h4-9,17H,1-3H3. The van der Waals surface area contributed by atoms with Crippen molar-refractivity contribution in [3.8, 4) is 11.5 Å². The maximum Gasteiger partial charge on any atom is 0.262 e. The normalized spacial score (nSPS) is 11.1. The zero-order chi connectivity index (χ0) is 16.3. The molecule has 5 nitrogen and oxygen atoms in total. The summed E-state index contributed by atoms with van der Waals surface area (Å²) >= 11 is 0. The van der Waals surface area contributed by atoms with E-state index in [0.29, 0.717) is 22.7 Å². The van der Waals surface area contributed by atoms with E-state index in [2.05, 4.69) is 4.72 Å². The molecule has 7 heteroatoms. The first-order valence-electron chi connectivity index (χ1n) is 6.38. The molecule has 0 bridgehead atoms. The largest absolute Gasteiger partial charge is 0.493 e. The lowest BCUT2D eigenvalue weighted by Gasteiger charge is -2.14. The topological polar surface area (TPSA) is 64.6 Å². The Kier molecular flexibility index (Phi) is 4.56. The van der Waals surface area contributed by atoms with Gasteiger partial charge in [0.25, 0.3) is 10.0 Å². The second-order valence-electron chi connectivity index (χ2n) is 4.58. The number of methoxy groups -OCH3 is 2. The average molecular weight is 325 g/mol. The molecule has 0 aliphatic rings. The molecule has 2 aromatic rings. The molecule has 0 saturated carbocycles. The van der Waals surface area contributed by atoms with Gasteiger partial charge in [0.2, 0.25) is 0 Å². The number of ether oxygens (including phenoxy) is 2. The molecule has 0 aliphatic carbocycles. The fourth-order valence-corrected chi connectivity index (χ4v) is 3.08. The van der Waals surface area contributed by atoms with Gasteiger partial charge in [-0.05, 0) is 36.8 Å². The van der Waals surface area contributed by atoms with E-state index in [0.717, 1.165) is 6.07 Å². The molecule has 0 saturated heterocycles. The van der Waals surface area contributed by atoms with E-state index >= 15 is 0 Å². The van der Waals surface area contributed by atoms with Crippen LogP contribution in [0.1, 0.15) is 5.56 Å². The molecule has 0 heterocycles. The number of halogens is 1. The fourth-order valence-electron chi connectivity index (χ4n) is 1.93. The third kappa shape index (κ3) is 3.30. The second-order valence-corrected chi connectivity index (χ2v) is 6.27.